The zero-order chi connectivity index (χ0) is 16.0. The van der Waals surface area contributed by atoms with Crippen LogP contribution >= 0.6 is 0 Å². The highest BCUT2D eigenvalue weighted by Gasteiger charge is 2.35. The number of phenols is 1. The van der Waals surface area contributed by atoms with Crippen LogP contribution in [0, 0.1) is 20.8 Å². The first-order valence-electron chi connectivity index (χ1n) is 7.85. The van der Waals surface area contributed by atoms with Crippen LogP contribution in [0.3, 0.4) is 0 Å². The molecule has 1 aromatic rings. The Morgan fingerprint density at radius 1 is 1.09 bits per heavy atom. The summed E-state index contributed by atoms with van der Waals surface area (Å²) < 4.78 is 7.40. The van der Waals surface area contributed by atoms with Gasteiger partial charge in [-0.1, -0.05) is 0 Å². The summed E-state index contributed by atoms with van der Waals surface area (Å²) >= 11 is 0. The third-order valence-electron chi connectivity index (χ3n) is 4.90. The summed E-state index contributed by atoms with van der Waals surface area (Å²) in [4.78, 5) is 0. The standard InChI is InChI=1S/C18H29NO2.BrH/c1-12-13(2)17-15(14(3)16(12)20)8-9-18(4,21-17)10-11-19(5,6)7;/h8-11H2,1-7H3;1H/t18-;/m0./s1. The molecule has 126 valence electrons. The summed E-state index contributed by atoms with van der Waals surface area (Å²) in [7, 11) is 6.66. The minimum atomic E-state index is -0.0981. The Morgan fingerprint density at radius 3 is 2.23 bits per heavy atom. The first kappa shape index (κ1) is 19.3. The molecule has 0 aliphatic carbocycles. The fourth-order valence-electron chi connectivity index (χ4n) is 3.04. The number of hydrogen-bond acceptors (Lipinski definition) is 2. The van der Waals surface area contributed by atoms with Crippen molar-refractivity contribution in [3.8, 4) is 11.5 Å². The predicted molar refractivity (Wildman–Crippen MR) is 87.2 cm³/mol. The molecule has 1 atom stereocenters. The summed E-state index contributed by atoms with van der Waals surface area (Å²) in [5, 5.41) is 10.2. The van der Waals surface area contributed by atoms with Gasteiger partial charge in [-0.3, -0.25) is 0 Å². The molecule has 0 unspecified atom stereocenters. The molecule has 0 amide bonds. The Bertz CT molecular complexity index is 563. The Balaban J connectivity index is 0.00000242. The van der Waals surface area contributed by atoms with E-state index in [-0.39, 0.29) is 22.6 Å². The van der Waals surface area contributed by atoms with Gasteiger partial charge in [0.05, 0.1) is 27.7 Å². The summed E-state index contributed by atoms with van der Waals surface area (Å²) in [5.41, 5.74) is 4.12. The van der Waals surface area contributed by atoms with Crippen molar-refractivity contribution < 1.29 is 31.3 Å². The number of fused-ring (bicyclic) bond motifs is 1. The van der Waals surface area contributed by atoms with Gasteiger partial charge in [-0.2, -0.15) is 0 Å². The highest BCUT2D eigenvalue weighted by atomic mass is 79.9. The molecule has 1 aliphatic heterocycles. The molecule has 0 aromatic heterocycles. The average molecular weight is 372 g/mol. The van der Waals surface area contributed by atoms with E-state index in [2.05, 4.69) is 35.0 Å². The zero-order valence-electron chi connectivity index (χ0n) is 15.0. The van der Waals surface area contributed by atoms with Crippen LogP contribution in [0.25, 0.3) is 0 Å². The maximum absolute atomic E-state index is 10.2. The quantitative estimate of drug-likeness (QED) is 0.784. The second-order valence-corrected chi connectivity index (χ2v) is 7.85. The fraction of sp³-hybridized carbons (Fsp3) is 0.667. The fourth-order valence-corrected chi connectivity index (χ4v) is 3.04. The van der Waals surface area contributed by atoms with E-state index in [0.29, 0.717) is 5.75 Å². The van der Waals surface area contributed by atoms with E-state index in [1.807, 2.05) is 13.8 Å². The van der Waals surface area contributed by atoms with E-state index >= 15 is 0 Å². The molecule has 4 heteroatoms. The van der Waals surface area contributed by atoms with Crippen molar-refractivity contribution in [1.82, 2.24) is 0 Å². The van der Waals surface area contributed by atoms with Gasteiger partial charge in [0.25, 0.3) is 0 Å². The maximum atomic E-state index is 10.2. The lowest BCUT2D eigenvalue weighted by atomic mass is 9.85. The van der Waals surface area contributed by atoms with Crippen LogP contribution in [0.1, 0.15) is 42.0 Å². The van der Waals surface area contributed by atoms with Gasteiger partial charge in [0.15, 0.2) is 0 Å². The minimum absolute atomic E-state index is 0. The van der Waals surface area contributed by atoms with Gasteiger partial charge in [0, 0.05) is 12.0 Å². The van der Waals surface area contributed by atoms with Crippen LogP contribution in [0.4, 0.5) is 0 Å². The maximum Gasteiger partial charge on any atom is 0.127 e. The van der Waals surface area contributed by atoms with Crippen LogP contribution in [-0.2, 0) is 6.42 Å². The predicted octanol–water partition coefficient (Wildman–Crippen LogP) is 0.501. The first-order chi connectivity index (χ1) is 9.54. The molecular formula is C18H30BrNO2. The molecule has 0 fully saturated rings. The molecule has 0 saturated carbocycles. The number of aromatic hydroxyl groups is 1. The van der Waals surface area contributed by atoms with E-state index in [4.69, 9.17) is 4.74 Å². The normalized spacial score (nSPS) is 20.9. The molecule has 0 radical (unpaired) electrons. The lowest BCUT2D eigenvalue weighted by molar-refractivity contribution is -0.871. The van der Waals surface area contributed by atoms with E-state index in [1.165, 1.54) is 5.56 Å². The monoisotopic (exact) mass is 371 g/mol. The van der Waals surface area contributed by atoms with Crippen LogP contribution in [0.2, 0.25) is 0 Å². The highest BCUT2D eigenvalue weighted by molar-refractivity contribution is 5.58. The van der Waals surface area contributed by atoms with Gasteiger partial charge >= 0.3 is 0 Å². The van der Waals surface area contributed by atoms with Crippen molar-refractivity contribution in [2.45, 2.75) is 52.6 Å². The number of benzene rings is 1. The number of phenolic OH excluding ortho intramolecular Hbond substituents is 1. The van der Waals surface area contributed by atoms with Crippen molar-refractivity contribution in [1.29, 1.82) is 0 Å². The molecular weight excluding hydrogens is 342 g/mol. The number of quaternary nitrogens is 1. The number of ether oxygens (including phenoxy) is 1. The average Bonchev–Trinajstić information content (AvgIpc) is 2.40. The van der Waals surface area contributed by atoms with Crippen LogP contribution < -0.4 is 21.7 Å². The van der Waals surface area contributed by atoms with Gasteiger partial charge in [-0.25, -0.2) is 0 Å². The smallest absolute Gasteiger partial charge is 0.127 e. The number of rotatable bonds is 3. The topological polar surface area (TPSA) is 29.5 Å². The van der Waals surface area contributed by atoms with Gasteiger partial charge in [0.1, 0.15) is 17.1 Å². The Morgan fingerprint density at radius 2 is 1.68 bits per heavy atom. The SMILES string of the molecule is Cc1c(C)c2c(c(C)c1O)CC[C@@](C)(CC[N+](C)(C)C)O2.[Br-]. The van der Waals surface area contributed by atoms with Crippen LogP contribution in [0.5, 0.6) is 11.5 Å². The van der Waals surface area contributed by atoms with Crippen molar-refractivity contribution in [2.24, 2.45) is 0 Å². The second-order valence-electron chi connectivity index (χ2n) is 7.85. The molecule has 0 spiro atoms. The van der Waals surface area contributed by atoms with Crippen LogP contribution in [-0.4, -0.2) is 42.9 Å². The molecule has 2 rings (SSSR count). The lowest BCUT2D eigenvalue weighted by Gasteiger charge is -2.39. The second kappa shape index (κ2) is 6.40. The van der Waals surface area contributed by atoms with Crippen LogP contribution in [0.15, 0.2) is 0 Å². The van der Waals surface area contributed by atoms with Gasteiger partial charge in [0.2, 0.25) is 0 Å². The Hall–Kier alpha value is -0.740. The Kier molecular flexibility index (Phi) is 5.62. The molecule has 22 heavy (non-hydrogen) atoms. The minimum Gasteiger partial charge on any atom is -1.00 e. The molecule has 0 saturated heterocycles. The number of halogens is 1. The molecule has 3 nitrogen and oxygen atoms in total. The molecule has 0 bridgehead atoms. The summed E-state index contributed by atoms with van der Waals surface area (Å²) in [5.74, 6) is 1.45. The molecule has 1 aromatic carbocycles. The number of nitrogens with zero attached hydrogens (tertiary/aromatic N) is 1. The van der Waals surface area contributed by atoms with E-state index in [9.17, 15) is 5.11 Å². The van der Waals surface area contributed by atoms with Gasteiger partial charge < -0.3 is 31.3 Å². The molecule has 1 heterocycles. The summed E-state index contributed by atoms with van der Waals surface area (Å²) in [6.07, 6.45) is 3.06. The van der Waals surface area contributed by atoms with Crippen molar-refractivity contribution in [3.63, 3.8) is 0 Å². The van der Waals surface area contributed by atoms with Gasteiger partial charge in [-0.15, -0.1) is 0 Å². The highest BCUT2D eigenvalue weighted by Crippen LogP contribution is 2.44. The van der Waals surface area contributed by atoms with Gasteiger partial charge in [-0.05, 0) is 57.2 Å². The number of hydrogen-bond donors (Lipinski definition) is 1. The van der Waals surface area contributed by atoms with Crippen molar-refractivity contribution >= 4 is 0 Å². The van der Waals surface area contributed by atoms with Crippen molar-refractivity contribution in [3.05, 3.63) is 22.3 Å². The molecule has 1 N–H and O–H groups in total. The van der Waals surface area contributed by atoms with E-state index < -0.39 is 0 Å². The third kappa shape index (κ3) is 3.77. The summed E-state index contributed by atoms with van der Waals surface area (Å²) in [6.45, 7) is 9.35. The Labute approximate surface area is 145 Å². The van der Waals surface area contributed by atoms with E-state index in [0.717, 1.165) is 52.7 Å². The first-order valence-corrected chi connectivity index (χ1v) is 7.85. The summed E-state index contributed by atoms with van der Waals surface area (Å²) in [6, 6.07) is 0. The third-order valence-corrected chi connectivity index (χ3v) is 4.90. The largest absolute Gasteiger partial charge is 1.00 e. The van der Waals surface area contributed by atoms with Crippen molar-refractivity contribution in [2.75, 3.05) is 27.7 Å². The zero-order valence-corrected chi connectivity index (χ0v) is 16.6. The molecule has 1 aliphatic rings. The lowest BCUT2D eigenvalue weighted by Crippen LogP contribution is -3.00. The van der Waals surface area contributed by atoms with E-state index in [1.54, 1.807) is 0 Å².